The Hall–Kier alpha value is -0.800. The van der Waals surface area contributed by atoms with Crippen LogP contribution in [0.3, 0.4) is 0 Å². The number of rotatable bonds is 2. The molecule has 0 amide bonds. The standard InChI is InChI=1S/C14H19ClN2S/c1-2-13-5-3-4-10-17(13)14(18)16-12-8-6-11(15)7-9-12/h6-9,13H,2-5,10H2,1H3,(H,16,18). The van der Waals surface area contributed by atoms with Gasteiger partial charge in [-0.2, -0.15) is 0 Å². The molecule has 1 unspecified atom stereocenters. The van der Waals surface area contributed by atoms with Crippen LogP contribution in [0.4, 0.5) is 5.69 Å². The molecule has 1 heterocycles. The zero-order valence-electron chi connectivity index (χ0n) is 10.7. The van der Waals surface area contributed by atoms with Crippen LogP contribution in [0.1, 0.15) is 32.6 Å². The Kier molecular flexibility index (Phi) is 4.84. The van der Waals surface area contributed by atoms with Crippen LogP contribution in [0.2, 0.25) is 5.02 Å². The number of halogens is 1. The number of piperidine rings is 1. The van der Waals surface area contributed by atoms with Crippen molar-refractivity contribution in [2.75, 3.05) is 11.9 Å². The molecule has 0 saturated carbocycles. The molecule has 98 valence electrons. The minimum absolute atomic E-state index is 0.589. The number of hydrogen-bond donors (Lipinski definition) is 1. The first-order chi connectivity index (χ1) is 8.70. The number of hydrogen-bond acceptors (Lipinski definition) is 1. The molecule has 1 aromatic rings. The van der Waals surface area contributed by atoms with Gasteiger partial charge in [0.1, 0.15) is 0 Å². The van der Waals surface area contributed by atoms with Gasteiger partial charge in [0.15, 0.2) is 5.11 Å². The Bertz CT molecular complexity index is 405. The molecule has 18 heavy (non-hydrogen) atoms. The molecule has 0 bridgehead atoms. The summed E-state index contributed by atoms with van der Waals surface area (Å²) in [5.74, 6) is 0. The lowest BCUT2D eigenvalue weighted by molar-refractivity contribution is 0.239. The smallest absolute Gasteiger partial charge is 0.173 e. The van der Waals surface area contributed by atoms with Crippen LogP contribution in [0.25, 0.3) is 0 Å². The van der Waals surface area contributed by atoms with E-state index in [9.17, 15) is 0 Å². The van der Waals surface area contributed by atoms with E-state index < -0.39 is 0 Å². The van der Waals surface area contributed by atoms with Crippen LogP contribution >= 0.6 is 23.8 Å². The second-order valence-electron chi connectivity index (χ2n) is 4.69. The summed E-state index contributed by atoms with van der Waals surface area (Å²) in [6, 6.07) is 8.25. The summed E-state index contributed by atoms with van der Waals surface area (Å²) in [7, 11) is 0. The number of likely N-dealkylation sites (tertiary alicyclic amines) is 1. The van der Waals surface area contributed by atoms with E-state index in [0.29, 0.717) is 6.04 Å². The molecular weight excluding hydrogens is 264 g/mol. The normalized spacial score (nSPS) is 19.7. The fraction of sp³-hybridized carbons (Fsp3) is 0.500. The molecule has 0 aliphatic carbocycles. The minimum atomic E-state index is 0.589. The average Bonchev–Trinajstić information content (AvgIpc) is 2.41. The van der Waals surface area contributed by atoms with Crippen molar-refractivity contribution in [3.63, 3.8) is 0 Å². The van der Waals surface area contributed by atoms with Gasteiger partial charge in [-0.1, -0.05) is 18.5 Å². The molecule has 1 aliphatic rings. The molecule has 4 heteroatoms. The number of thiocarbonyl (C=S) groups is 1. The van der Waals surface area contributed by atoms with Crippen LogP contribution in [0.5, 0.6) is 0 Å². The monoisotopic (exact) mass is 282 g/mol. The summed E-state index contributed by atoms with van der Waals surface area (Å²) in [5, 5.41) is 4.88. The third kappa shape index (κ3) is 3.36. The van der Waals surface area contributed by atoms with Crippen LogP contribution in [-0.4, -0.2) is 22.6 Å². The highest BCUT2D eigenvalue weighted by molar-refractivity contribution is 7.80. The molecule has 1 atom stereocenters. The molecule has 0 aromatic heterocycles. The van der Waals surface area contributed by atoms with Gasteiger partial charge in [-0.05, 0) is 62.2 Å². The van der Waals surface area contributed by atoms with E-state index in [2.05, 4.69) is 17.1 Å². The maximum atomic E-state index is 5.87. The van der Waals surface area contributed by atoms with Crippen LogP contribution in [0, 0.1) is 0 Å². The van der Waals surface area contributed by atoms with Crippen molar-refractivity contribution in [1.29, 1.82) is 0 Å². The van der Waals surface area contributed by atoms with Gasteiger partial charge in [0, 0.05) is 23.3 Å². The molecule has 1 aliphatic heterocycles. The Morgan fingerprint density at radius 1 is 1.39 bits per heavy atom. The summed E-state index contributed by atoms with van der Waals surface area (Å²) in [6.07, 6.45) is 4.96. The molecule has 2 nitrogen and oxygen atoms in total. The summed E-state index contributed by atoms with van der Waals surface area (Å²) in [6.45, 7) is 3.30. The molecule has 2 rings (SSSR count). The molecule has 1 saturated heterocycles. The van der Waals surface area contributed by atoms with Gasteiger partial charge in [0.2, 0.25) is 0 Å². The topological polar surface area (TPSA) is 15.3 Å². The Morgan fingerprint density at radius 3 is 2.78 bits per heavy atom. The van der Waals surface area contributed by atoms with Crippen LogP contribution in [-0.2, 0) is 0 Å². The van der Waals surface area contributed by atoms with Crippen LogP contribution < -0.4 is 5.32 Å². The average molecular weight is 283 g/mol. The van der Waals surface area contributed by atoms with Gasteiger partial charge in [-0.3, -0.25) is 0 Å². The summed E-state index contributed by atoms with van der Waals surface area (Å²) < 4.78 is 0. The second-order valence-corrected chi connectivity index (χ2v) is 5.51. The lowest BCUT2D eigenvalue weighted by Gasteiger charge is -2.37. The largest absolute Gasteiger partial charge is 0.346 e. The first-order valence-corrected chi connectivity index (χ1v) is 7.32. The highest BCUT2D eigenvalue weighted by atomic mass is 35.5. The number of nitrogens with zero attached hydrogens (tertiary/aromatic N) is 1. The molecule has 1 aromatic carbocycles. The summed E-state index contributed by atoms with van der Waals surface area (Å²) in [5.41, 5.74) is 1.00. The number of anilines is 1. The number of nitrogens with one attached hydrogen (secondary N) is 1. The van der Waals surface area contributed by atoms with Crippen LogP contribution in [0.15, 0.2) is 24.3 Å². The van der Waals surface area contributed by atoms with Crippen molar-refractivity contribution in [3.05, 3.63) is 29.3 Å². The first-order valence-electron chi connectivity index (χ1n) is 6.54. The fourth-order valence-corrected chi connectivity index (χ4v) is 2.91. The highest BCUT2D eigenvalue weighted by Crippen LogP contribution is 2.21. The first kappa shape index (κ1) is 13.6. The molecular formula is C14H19ClN2S. The van der Waals surface area contributed by atoms with E-state index in [1.807, 2.05) is 24.3 Å². The van der Waals surface area contributed by atoms with E-state index in [1.165, 1.54) is 19.3 Å². The predicted octanol–water partition coefficient (Wildman–Crippen LogP) is 4.30. The van der Waals surface area contributed by atoms with E-state index in [-0.39, 0.29) is 0 Å². The molecule has 1 N–H and O–H groups in total. The zero-order chi connectivity index (χ0) is 13.0. The van der Waals surface area contributed by atoms with Crippen molar-refractivity contribution >= 4 is 34.6 Å². The zero-order valence-corrected chi connectivity index (χ0v) is 12.2. The fourth-order valence-electron chi connectivity index (χ4n) is 2.42. The van der Waals surface area contributed by atoms with E-state index in [0.717, 1.165) is 28.8 Å². The van der Waals surface area contributed by atoms with Gasteiger partial charge in [-0.25, -0.2) is 0 Å². The summed E-state index contributed by atoms with van der Waals surface area (Å²) >= 11 is 11.4. The van der Waals surface area contributed by atoms with Crippen molar-refractivity contribution < 1.29 is 0 Å². The molecule has 0 radical (unpaired) electrons. The minimum Gasteiger partial charge on any atom is -0.346 e. The highest BCUT2D eigenvalue weighted by Gasteiger charge is 2.22. The van der Waals surface area contributed by atoms with Gasteiger partial charge >= 0.3 is 0 Å². The van der Waals surface area contributed by atoms with Gasteiger partial charge < -0.3 is 10.2 Å². The Labute approximate surface area is 119 Å². The van der Waals surface area contributed by atoms with Crippen molar-refractivity contribution in [2.45, 2.75) is 38.6 Å². The van der Waals surface area contributed by atoms with Crippen molar-refractivity contribution in [2.24, 2.45) is 0 Å². The van der Waals surface area contributed by atoms with E-state index >= 15 is 0 Å². The summed E-state index contributed by atoms with van der Waals surface area (Å²) in [4.78, 5) is 2.33. The van der Waals surface area contributed by atoms with Gasteiger partial charge in [-0.15, -0.1) is 0 Å². The molecule has 1 fully saturated rings. The van der Waals surface area contributed by atoms with E-state index in [4.69, 9.17) is 23.8 Å². The lowest BCUT2D eigenvalue weighted by Crippen LogP contribution is -2.45. The van der Waals surface area contributed by atoms with E-state index in [1.54, 1.807) is 0 Å². The quantitative estimate of drug-likeness (QED) is 0.814. The third-order valence-corrected chi connectivity index (χ3v) is 4.04. The lowest BCUT2D eigenvalue weighted by atomic mass is 10.0. The maximum Gasteiger partial charge on any atom is 0.173 e. The number of benzene rings is 1. The Balaban J connectivity index is 2.00. The SMILES string of the molecule is CCC1CCCCN1C(=S)Nc1ccc(Cl)cc1. The second kappa shape index (κ2) is 6.39. The predicted molar refractivity (Wildman–Crippen MR) is 82.3 cm³/mol. The van der Waals surface area contributed by atoms with Crippen molar-refractivity contribution in [3.8, 4) is 0 Å². The third-order valence-electron chi connectivity index (χ3n) is 3.45. The van der Waals surface area contributed by atoms with Crippen molar-refractivity contribution in [1.82, 2.24) is 4.90 Å². The van der Waals surface area contributed by atoms with Gasteiger partial charge in [0.25, 0.3) is 0 Å². The van der Waals surface area contributed by atoms with Gasteiger partial charge in [0.05, 0.1) is 0 Å². The maximum absolute atomic E-state index is 5.87. The Morgan fingerprint density at radius 2 is 2.11 bits per heavy atom. The molecule has 0 spiro atoms.